The molecule has 78 valence electrons. The first kappa shape index (κ1) is 10.5. The van der Waals surface area contributed by atoms with Crippen molar-refractivity contribution in [1.82, 2.24) is 0 Å². The number of hydrogen-bond acceptors (Lipinski definition) is 2. The minimum Gasteiger partial charge on any atom is -0.323 e. The molecule has 2 aromatic carbocycles. The highest BCUT2D eigenvalue weighted by Crippen LogP contribution is 2.21. The van der Waals surface area contributed by atoms with Crippen LogP contribution in [0.15, 0.2) is 36.4 Å². The highest BCUT2D eigenvalue weighted by molar-refractivity contribution is 7.80. The van der Waals surface area contributed by atoms with Crippen LogP contribution in [0.1, 0.15) is 17.2 Å². The predicted octanol–water partition coefficient (Wildman–Crippen LogP) is 3.08. The summed E-state index contributed by atoms with van der Waals surface area (Å²) in [6.45, 7) is 2.10. The van der Waals surface area contributed by atoms with Crippen molar-refractivity contribution in [3.63, 3.8) is 0 Å². The second-order valence-corrected chi connectivity index (χ2v) is 4.26. The van der Waals surface area contributed by atoms with E-state index in [0.717, 1.165) is 5.56 Å². The molecule has 2 heteroatoms. The molecule has 1 unspecified atom stereocenters. The molecule has 2 aromatic rings. The van der Waals surface area contributed by atoms with Crippen molar-refractivity contribution in [3.05, 3.63) is 47.5 Å². The van der Waals surface area contributed by atoms with Crippen LogP contribution in [0.25, 0.3) is 10.8 Å². The SMILES string of the molecule is Cc1ccc2cc(C(N)CS)ccc2c1. The van der Waals surface area contributed by atoms with E-state index in [1.807, 2.05) is 0 Å². The Labute approximate surface area is 95.7 Å². The van der Waals surface area contributed by atoms with Crippen LogP contribution in [0.2, 0.25) is 0 Å². The molecule has 0 radical (unpaired) electrons. The molecule has 0 saturated heterocycles. The summed E-state index contributed by atoms with van der Waals surface area (Å²) in [5.74, 6) is 0.678. The number of hydrogen-bond donors (Lipinski definition) is 2. The molecule has 0 saturated carbocycles. The van der Waals surface area contributed by atoms with E-state index in [9.17, 15) is 0 Å². The van der Waals surface area contributed by atoms with Gasteiger partial charge in [0.25, 0.3) is 0 Å². The van der Waals surface area contributed by atoms with Crippen molar-refractivity contribution in [3.8, 4) is 0 Å². The molecular formula is C13H15NS. The standard InChI is InChI=1S/C13H15NS/c1-9-2-3-11-7-12(13(14)8-15)5-4-10(11)6-9/h2-7,13,15H,8,14H2,1H3. The average Bonchev–Trinajstić information content (AvgIpc) is 2.27. The number of rotatable bonds is 2. The van der Waals surface area contributed by atoms with E-state index in [0.29, 0.717) is 5.75 Å². The van der Waals surface area contributed by atoms with Gasteiger partial charge in [-0.25, -0.2) is 0 Å². The zero-order valence-corrected chi connectivity index (χ0v) is 9.67. The summed E-state index contributed by atoms with van der Waals surface area (Å²) in [5, 5.41) is 2.51. The maximum Gasteiger partial charge on any atom is 0.0384 e. The first-order valence-electron chi connectivity index (χ1n) is 5.07. The molecule has 1 nitrogen and oxygen atoms in total. The third kappa shape index (κ3) is 2.16. The fourth-order valence-electron chi connectivity index (χ4n) is 1.72. The number of benzene rings is 2. The summed E-state index contributed by atoms with van der Waals surface area (Å²) in [6, 6.07) is 12.8. The van der Waals surface area contributed by atoms with Gasteiger partial charge in [-0.05, 0) is 29.3 Å². The quantitative estimate of drug-likeness (QED) is 0.743. The summed E-state index contributed by atoms with van der Waals surface area (Å²) in [6.07, 6.45) is 0. The second-order valence-electron chi connectivity index (χ2n) is 3.90. The molecule has 0 aliphatic carbocycles. The van der Waals surface area contributed by atoms with Gasteiger partial charge in [-0.1, -0.05) is 35.9 Å². The number of nitrogens with two attached hydrogens (primary N) is 1. The molecule has 2 rings (SSSR count). The average molecular weight is 217 g/mol. The molecule has 1 atom stereocenters. The van der Waals surface area contributed by atoms with Crippen molar-refractivity contribution in [1.29, 1.82) is 0 Å². The normalized spacial score (nSPS) is 13.0. The molecule has 0 heterocycles. The lowest BCUT2D eigenvalue weighted by Crippen LogP contribution is -2.11. The van der Waals surface area contributed by atoms with Crippen LogP contribution in [-0.2, 0) is 0 Å². The molecular weight excluding hydrogens is 202 g/mol. The van der Waals surface area contributed by atoms with Crippen LogP contribution in [0, 0.1) is 6.92 Å². The van der Waals surface area contributed by atoms with E-state index in [1.165, 1.54) is 16.3 Å². The first-order chi connectivity index (χ1) is 7.20. The Hall–Kier alpha value is -0.990. The molecule has 15 heavy (non-hydrogen) atoms. The molecule has 0 aliphatic heterocycles. The summed E-state index contributed by atoms with van der Waals surface area (Å²) >= 11 is 4.21. The van der Waals surface area contributed by atoms with Gasteiger partial charge in [0.05, 0.1) is 0 Å². The lowest BCUT2D eigenvalue weighted by atomic mass is 10.0. The van der Waals surface area contributed by atoms with E-state index in [-0.39, 0.29) is 6.04 Å². The Kier molecular flexibility index (Phi) is 2.98. The van der Waals surface area contributed by atoms with Crippen LogP contribution in [0.5, 0.6) is 0 Å². The summed E-state index contributed by atoms with van der Waals surface area (Å²) in [7, 11) is 0. The lowest BCUT2D eigenvalue weighted by Gasteiger charge is -2.09. The van der Waals surface area contributed by atoms with Gasteiger partial charge in [0.2, 0.25) is 0 Å². The Bertz CT molecular complexity index is 479. The third-order valence-electron chi connectivity index (χ3n) is 2.64. The van der Waals surface area contributed by atoms with E-state index < -0.39 is 0 Å². The van der Waals surface area contributed by atoms with Crippen LogP contribution < -0.4 is 5.73 Å². The van der Waals surface area contributed by atoms with Gasteiger partial charge in [-0.2, -0.15) is 12.6 Å². The van der Waals surface area contributed by atoms with Crippen molar-refractivity contribution >= 4 is 23.4 Å². The highest BCUT2D eigenvalue weighted by Gasteiger charge is 2.04. The van der Waals surface area contributed by atoms with E-state index in [2.05, 4.69) is 56.0 Å². The molecule has 0 amide bonds. The summed E-state index contributed by atoms with van der Waals surface area (Å²) in [5.41, 5.74) is 8.38. The van der Waals surface area contributed by atoms with Gasteiger partial charge >= 0.3 is 0 Å². The Morgan fingerprint density at radius 1 is 1.13 bits per heavy atom. The van der Waals surface area contributed by atoms with Gasteiger partial charge in [0, 0.05) is 11.8 Å². The van der Waals surface area contributed by atoms with Crippen LogP contribution >= 0.6 is 12.6 Å². The van der Waals surface area contributed by atoms with Gasteiger partial charge < -0.3 is 5.73 Å². The van der Waals surface area contributed by atoms with Crippen molar-refractivity contribution in [2.45, 2.75) is 13.0 Å². The highest BCUT2D eigenvalue weighted by atomic mass is 32.1. The Morgan fingerprint density at radius 2 is 1.80 bits per heavy atom. The van der Waals surface area contributed by atoms with Crippen LogP contribution in [-0.4, -0.2) is 5.75 Å². The molecule has 0 fully saturated rings. The molecule has 0 aromatic heterocycles. The third-order valence-corrected chi connectivity index (χ3v) is 3.04. The van der Waals surface area contributed by atoms with E-state index >= 15 is 0 Å². The van der Waals surface area contributed by atoms with Gasteiger partial charge in [0.1, 0.15) is 0 Å². The minimum atomic E-state index is 0.0269. The lowest BCUT2D eigenvalue weighted by molar-refractivity contribution is 0.836. The smallest absolute Gasteiger partial charge is 0.0384 e. The fourth-order valence-corrected chi connectivity index (χ4v) is 1.93. The molecule has 0 bridgehead atoms. The number of aryl methyl sites for hydroxylation is 1. The Balaban J connectivity index is 2.52. The summed E-state index contributed by atoms with van der Waals surface area (Å²) < 4.78 is 0. The van der Waals surface area contributed by atoms with Gasteiger partial charge in [0.15, 0.2) is 0 Å². The predicted molar refractivity (Wildman–Crippen MR) is 69.5 cm³/mol. The van der Waals surface area contributed by atoms with Crippen molar-refractivity contribution in [2.75, 3.05) is 5.75 Å². The second kappa shape index (κ2) is 4.25. The number of thiol groups is 1. The monoisotopic (exact) mass is 217 g/mol. The fraction of sp³-hybridized carbons (Fsp3) is 0.231. The van der Waals surface area contributed by atoms with Crippen LogP contribution in [0.3, 0.4) is 0 Å². The van der Waals surface area contributed by atoms with Gasteiger partial charge in [-0.3, -0.25) is 0 Å². The molecule has 0 spiro atoms. The maximum atomic E-state index is 5.94. The zero-order valence-electron chi connectivity index (χ0n) is 8.77. The van der Waals surface area contributed by atoms with E-state index in [1.54, 1.807) is 0 Å². The van der Waals surface area contributed by atoms with E-state index in [4.69, 9.17) is 5.73 Å². The minimum absolute atomic E-state index is 0.0269. The molecule has 0 aliphatic rings. The maximum absolute atomic E-state index is 5.94. The Morgan fingerprint density at radius 3 is 2.53 bits per heavy atom. The van der Waals surface area contributed by atoms with Crippen molar-refractivity contribution < 1.29 is 0 Å². The first-order valence-corrected chi connectivity index (χ1v) is 5.71. The topological polar surface area (TPSA) is 26.0 Å². The largest absolute Gasteiger partial charge is 0.323 e. The van der Waals surface area contributed by atoms with Crippen LogP contribution in [0.4, 0.5) is 0 Å². The summed E-state index contributed by atoms with van der Waals surface area (Å²) in [4.78, 5) is 0. The van der Waals surface area contributed by atoms with Gasteiger partial charge in [-0.15, -0.1) is 0 Å². The molecule has 2 N–H and O–H groups in total. The van der Waals surface area contributed by atoms with Crippen molar-refractivity contribution in [2.24, 2.45) is 5.73 Å². The zero-order chi connectivity index (χ0) is 10.8. The number of fused-ring (bicyclic) bond motifs is 1.